The van der Waals surface area contributed by atoms with Gasteiger partial charge in [0.15, 0.2) is 0 Å². The third-order valence-corrected chi connectivity index (χ3v) is 3.33. The summed E-state index contributed by atoms with van der Waals surface area (Å²) in [5, 5.41) is 7.57. The molecule has 20 heavy (non-hydrogen) atoms. The van der Waals surface area contributed by atoms with E-state index in [1.807, 2.05) is 6.92 Å². The van der Waals surface area contributed by atoms with Crippen LogP contribution in [0, 0.1) is 0 Å². The van der Waals surface area contributed by atoms with Crippen LogP contribution < -0.4 is 16.0 Å². The number of hydrogen-bond donors (Lipinski definition) is 3. The number of benzene rings is 1. The molecule has 6 nitrogen and oxygen atoms in total. The first-order chi connectivity index (χ1) is 9.36. The van der Waals surface area contributed by atoms with Crippen LogP contribution in [-0.2, 0) is 10.2 Å². The van der Waals surface area contributed by atoms with Crippen molar-refractivity contribution in [3.05, 3.63) is 29.3 Å². The highest BCUT2D eigenvalue weighted by molar-refractivity contribution is 6.13. The van der Waals surface area contributed by atoms with Gasteiger partial charge >= 0.3 is 6.03 Å². The Bertz CT molecular complexity index is 593. The number of nitrogens with one attached hydrogen (secondary N) is 3. The van der Waals surface area contributed by atoms with E-state index in [1.54, 1.807) is 32.0 Å². The van der Waals surface area contributed by atoms with Crippen molar-refractivity contribution < 1.29 is 14.4 Å². The summed E-state index contributed by atoms with van der Waals surface area (Å²) < 4.78 is 0. The Balaban J connectivity index is 2.36. The highest BCUT2D eigenvalue weighted by atomic mass is 16.2. The minimum absolute atomic E-state index is 0.320. The maximum absolute atomic E-state index is 11.9. The second-order valence-corrected chi connectivity index (χ2v) is 5.15. The number of hydrogen-bond acceptors (Lipinski definition) is 3. The fraction of sp³-hybridized carbons (Fsp3) is 0.357. The van der Waals surface area contributed by atoms with Crippen molar-refractivity contribution in [1.29, 1.82) is 0 Å². The molecule has 0 spiro atoms. The van der Waals surface area contributed by atoms with E-state index in [0.717, 1.165) is 0 Å². The standard InChI is InChI=1S/C14H17N3O3/c1-4-15-13(20)16-8-5-6-10-9(7-8)11(18)17-12(19)14(10,2)3/h5-7H,4H2,1-3H3,(H2,15,16,20)(H,17,18,19). The number of carbonyl (C=O) groups excluding carboxylic acids is 3. The van der Waals surface area contributed by atoms with Crippen LogP contribution in [0.5, 0.6) is 0 Å². The van der Waals surface area contributed by atoms with Gasteiger partial charge in [0.25, 0.3) is 5.91 Å². The lowest BCUT2D eigenvalue weighted by Gasteiger charge is -2.30. The fourth-order valence-corrected chi connectivity index (χ4v) is 2.14. The molecule has 1 aliphatic rings. The van der Waals surface area contributed by atoms with Crippen molar-refractivity contribution in [3.8, 4) is 0 Å². The minimum Gasteiger partial charge on any atom is -0.338 e. The Kier molecular flexibility index (Phi) is 3.48. The first kappa shape index (κ1) is 14.0. The molecule has 0 saturated carbocycles. The van der Waals surface area contributed by atoms with Crippen LogP contribution in [0.3, 0.4) is 0 Å². The first-order valence-corrected chi connectivity index (χ1v) is 6.41. The molecule has 0 unspecified atom stereocenters. The number of imide groups is 1. The van der Waals surface area contributed by atoms with Gasteiger partial charge < -0.3 is 10.6 Å². The maximum Gasteiger partial charge on any atom is 0.319 e. The molecule has 1 heterocycles. The van der Waals surface area contributed by atoms with Gasteiger partial charge in [0.05, 0.1) is 5.41 Å². The van der Waals surface area contributed by atoms with Crippen LogP contribution >= 0.6 is 0 Å². The third kappa shape index (κ3) is 2.36. The molecule has 1 aliphatic heterocycles. The quantitative estimate of drug-likeness (QED) is 0.712. The fourth-order valence-electron chi connectivity index (χ4n) is 2.14. The summed E-state index contributed by atoms with van der Waals surface area (Å²) in [6.45, 7) is 5.84. The molecule has 0 radical (unpaired) electrons. The zero-order valence-electron chi connectivity index (χ0n) is 11.7. The predicted octanol–water partition coefficient (Wildman–Crippen LogP) is 1.38. The Morgan fingerprint density at radius 2 is 2.00 bits per heavy atom. The van der Waals surface area contributed by atoms with Crippen molar-refractivity contribution in [2.45, 2.75) is 26.2 Å². The summed E-state index contributed by atoms with van der Waals surface area (Å²) in [5.74, 6) is -0.761. The highest BCUT2D eigenvalue weighted by Gasteiger charge is 2.39. The molecule has 0 bridgehead atoms. The predicted molar refractivity (Wildman–Crippen MR) is 74.6 cm³/mol. The maximum atomic E-state index is 11.9. The van der Waals surface area contributed by atoms with Crippen LogP contribution in [0.4, 0.5) is 10.5 Å². The molecule has 2 rings (SSSR count). The molecule has 6 heteroatoms. The van der Waals surface area contributed by atoms with E-state index in [4.69, 9.17) is 0 Å². The molecular weight excluding hydrogens is 258 g/mol. The number of rotatable bonds is 2. The van der Waals surface area contributed by atoms with E-state index < -0.39 is 11.3 Å². The first-order valence-electron chi connectivity index (χ1n) is 6.41. The second-order valence-electron chi connectivity index (χ2n) is 5.15. The van der Waals surface area contributed by atoms with Gasteiger partial charge in [-0.2, -0.15) is 0 Å². The van der Waals surface area contributed by atoms with Gasteiger partial charge in [0.1, 0.15) is 0 Å². The molecule has 0 atom stereocenters. The van der Waals surface area contributed by atoms with E-state index in [-0.39, 0.29) is 11.9 Å². The van der Waals surface area contributed by atoms with Gasteiger partial charge in [-0.25, -0.2) is 4.79 Å². The summed E-state index contributed by atoms with van der Waals surface area (Å²) in [6.07, 6.45) is 0. The Morgan fingerprint density at radius 3 is 2.65 bits per heavy atom. The molecule has 1 aromatic carbocycles. The van der Waals surface area contributed by atoms with Crippen LogP contribution in [0.1, 0.15) is 36.7 Å². The van der Waals surface area contributed by atoms with Crippen LogP contribution in [0.15, 0.2) is 18.2 Å². The van der Waals surface area contributed by atoms with E-state index in [1.165, 1.54) is 0 Å². The van der Waals surface area contributed by atoms with Gasteiger partial charge in [-0.3, -0.25) is 14.9 Å². The average molecular weight is 275 g/mol. The molecule has 0 saturated heterocycles. The minimum atomic E-state index is -0.770. The van der Waals surface area contributed by atoms with Crippen molar-refractivity contribution in [1.82, 2.24) is 10.6 Å². The van der Waals surface area contributed by atoms with Crippen molar-refractivity contribution in [2.75, 3.05) is 11.9 Å². The summed E-state index contributed by atoms with van der Waals surface area (Å²) in [4.78, 5) is 35.2. The number of anilines is 1. The van der Waals surface area contributed by atoms with Gasteiger partial charge in [-0.15, -0.1) is 0 Å². The van der Waals surface area contributed by atoms with Gasteiger partial charge in [0, 0.05) is 17.8 Å². The molecule has 0 fully saturated rings. The van der Waals surface area contributed by atoms with Gasteiger partial charge in [-0.1, -0.05) is 6.07 Å². The molecular formula is C14H17N3O3. The van der Waals surface area contributed by atoms with Crippen molar-refractivity contribution in [2.24, 2.45) is 0 Å². The second kappa shape index (κ2) is 4.96. The van der Waals surface area contributed by atoms with Crippen molar-refractivity contribution in [3.63, 3.8) is 0 Å². The van der Waals surface area contributed by atoms with E-state index in [0.29, 0.717) is 23.4 Å². The molecule has 3 N–H and O–H groups in total. The monoisotopic (exact) mass is 275 g/mol. The number of fused-ring (bicyclic) bond motifs is 1. The third-order valence-electron chi connectivity index (χ3n) is 3.33. The molecule has 0 aromatic heterocycles. The zero-order valence-corrected chi connectivity index (χ0v) is 11.7. The largest absolute Gasteiger partial charge is 0.338 e. The summed E-state index contributed by atoms with van der Waals surface area (Å²) >= 11 is 0. The lowest BCUT2D eigenvalue weighted by molar-refractivity contribution is -0.125. The van der Waals surface area contributed by atoms with E-state index >= 15 is 0 Å². The molecule has 1 aromatic rings. The topological polar surface area (TPSA) is 87.3 Å². The van der Waals surface area contributed by atoms with Crippen LogP contribution in [0.2, 0.25) is 0 Å². The summed E-state index contributed by atoms with van der Waals surface area (Å²) in [5.41, 5.74) is 0.805. The van der Waals surface area contributed by atoms with E-state index in [9.17, 15) is 14.4 Å². The Labute approximate surface area is 116 Å². The zero-order chi connectivity index (χ0) is 14.9. The molecule has 4 amide bonds. The molecule has 106 valence electrons. The average Bonchev–Trinajstić information content (AvgIpc) is 2.37. The SMILES string of the molecule is CCNC(=O)Nc1ccc2c(c1)C(=O)NC(=O)C2(C)C. The number of carbonyl (C=O) groups is 3. The normalized spacial score (nSPS) is 16.1. The van der Waals surface area contributed by atoms with Crippen LogP contribution in [0.25, 0.3) is 0 Å². The number of urea groups is 1. The van der Waals surface area contributed by atoms with Gasteiger partial charge in [-0.05, 0) is 38.5 Å². The Morgan fingerprint density at radius 1 is 1.30 bits per heavy atom. The lowest BCUT2D eigenvalue weighted by atomic mass is 9.78. The molecule has 0 aliphatic carbocycles. The van der Waals surface area contributed by atoms with E-state index in [2.05, 4.69) is 16.0 Å². The number of amides is 4. The summed E-state index contributed by atoms with van der Waals surface area (Å²) in [6, 6.07) is 4.63. The Hall–Kier alpha value is -2.37. The summed E-state index contributed by atoms with van der Waals surface area (Å²) in [7, 11) is 0. The lowest BCUT2D eigenvalue weighted by Crippen LogP contribution is -2.48. The van der Waals surface area contributed by atoms with Crippen molar-refractivity contribution >= 4 is 23.5 Å². The highest BCUT2D eigenvalue weighted by Crippen LogP contribution is 2.32. The smallest absolute Gasteiger partial charge is 0.319 e. The van der Waals surface area contributed by atoms with Gasteiger partial charge in [0.2, 0.25) is 5.91 Å². The van der Waals surface area contributed by atoms with Crippen LogP contribution in [-0.4, -0.2) is 24.4 Å².